The second-order valence-electron chi connectivity index (χ2n) is 5.95. The average Bonchev–Trinajstić information content (AvgIpc) is 3.15. The SMILES string of the molecule is CCC1CN(c2ncnc3[nH]ccc23)CC2(CCOC2)O1. The van der Waals surface area contributed by atoms with E-state index < -0.39 is 0 Å². The number of rotatable bonds is 2. The minimum absolute atomic E-state index is 0.174. The lowest BCUT2D eigenvalue weighted by atomic mass is 9.98. The van der Waals surface area contributed by atoms with Gasteiger partial charge in [0.05, 0.1) is 24.6 Å². The molecule has 0 aliphatic carbocycles. The van der Waals surface area contributed by atoms with Crippen LogP contribution >= 0.6 is 0 Å². The first-order chi connectivity index (χ1) is 10.3. The molecule has 4 rings (SSSR count). The van der Waals surface area contributed by atoms with Gasteiger partial charge in [0.15, 0.2) is 0 Å². The summed E-state index contributed by atoms with van der Waals surface area (Å²) in [7, 11) is 0. The fraction of sp³-hybridized carbons (Fsp3) is 0.600. The Balaban J connectivity index is 1.71. The standard InChI is InChI=1S/C15H20N4O2/c1-2-11-7-19(8-15(21-11)4-6-20-9-15)14-12-3-5-16-13(12)17-10-18-14/h3,5,10-11H,2,4,6-9H2,1H3,(H,16,17,18). The summed E-state index contributed by atoms with van der Waals surface area (Å²) in [6.07, 6.45) is 5.72. The molecule has 2 fully saturated rings. The molecule has 2 aromatic heterocycles. The Bertz CT molecular complexity index is 635. The van der Waals surface area contributed by atoms with Gasteiger partial charge in [0, 0.05) is 25.8 Å². The van der Waals surface area contributed by atoms with E-state index in [1.807, 2.05) is 12.3 Å². The Morgan fingerprint density at radius 3 is 3.24 bits per heavy atom. The molecular formula is C15H20N4O2. The summed E-state index contributed by atoms with van der Waals surface area (Å²) in [5.41, 5.74) is 0.711. The van der Waals surface area contributed by atoms with E-state index in [1.54, 1.807) is 6.33 Å². The van der Waals surface area contributed by atoms with E-state index in [1.165, 1.54) is 0 Å². The molecule has 2 atom stereocenters. The predicted molar refractivity (Wildman–Crippen MR) is 79.4 cm³/mol. The van der Waals surface area contributed by atoms with Gasteiger partial charge in [0.25, 0.3) is 0 Å². The number of hydrogen-bond donors (Lipinski definition) is 1. The van der Waals surface area contributed by atoms with Gasteiger partial charge < -0.3 is 19.4 Å². The van der Waals surface area contributed by atoms with Crippen LogP contribution in [0.25, 0.3) is 11.0 Å². The molecule has 6 heteroatoms. The molecule has 0 radical (unpaired) electrons. The number of H-pyrrole nitrogens is 1. The van der Waals surface area contributed by atoms with Gasteiger partial charge in [-0.15, -0.1) is 0 Å². The first kappa shape index (κ1) is 13.0. The second kappa shape index (κ2) is 4.96. The van der Waals surface area contributed by atoms with Crippen LogP contribution in [-0.4, -0.2) is 53.0 Å². The average molecular weight is 288 g/mol. The van der Waals surface area contributed by atoms with E-state index in [-0.39, 0.29) is 11.7 Å². The fourth-order valence-electron chi connectivity index (χ4n) is 3.38. The summed E-state index contributed by atoms with van der Waals surface area (Å²) in [6.45, 7) is 5.34. The lowest BCUT2D eigenvalue weighted by molar-refractivity contribution is -0.107. The number of nitrogens with one attached hydrogen (secondary N) is 1. The lowest BCUT2D eigenvalue weighted by Crippen LogP contribution is -2.56. The maximum absolute atomic E-state index is 6.31. The molecule has 2 saturated heterocycles. The maximum atomic E-state index is 6.31. The maximum Gasteiger partial charge on any atom is 0.142 e. The Labute approximate surface area is 123 Å². The number of aromatic amines is 1. The molecule has 21 heavy (non-hydrogen) atoms. The van der Waals surface area contributed by atoms with Crippen LogP contribution in [0.5, 0.6) is 0 Å². The predicted octanol–water partition coefficient (Wildman–Crippen LogP) is 1.73. The van der Waals surface area contributed by atoms with Crippen LogP contribution in [0.1, 0.15) is 19.8 Å². The van der Waals surface area contributed by atoms with Crippen molar-refractivity contribution in [3.05, 3.63) is 18.6 Å². The van der Waals surface area contributed by atoms with Crippen molar-refractivity contribution in [1.29, 1.82) is 0 Å². The van der Waals surface area contributed by atoms with E-state index in [9.17, 15) is 0 Å². The highest BCUT2D eigenvalue weighted by atomic mass is 16.6. The first-order valence-electron chi connectivity index (χ1n) is 7.58. The first-order valence-corrected chi connectivity index (χ1v) is 7.58. The van der Waals surface area contributed by atoms with E-state index in [2.05, 4.69) is 26.8 Å². The van der Waals surface area contributed by atoms with E-state index in [0.717, 1.165) is 49.4 Å². The number of morpholine rings is 1. The monoisotopic (exact) mass is 288 g/mol. The van der Waals surface area contributed by atoms with Gasteiger partial charge in [0.1, 0.15) is 23.4 Å². The highest BCUT2D eigenvalue weighted by Crippen LogP contribution is 2.34. The van der Waals surface area contributed by atoms with Gasteiger partial charge in [-0.25, -0.2) is 9.97 Å². The smallest absolute Gasteiger partial charge is 0.142 e. The molecule has 0 amide bonds. The fourth-order valence-corrected chi connectivity index (χ4v) is 3.38. The number of aromatic nitrogens is 3. The summed E-state index contributed by atoms with van der Waals surface area (Å²) in [5, 5.41) is 1.07. The molecule has 4 heterocycles. The number of ether oxygens (including phenoxy) is 2. The van der Waals surface area contributed by atoms with Gasteiger partial charge >= 0.3 is 0 Å². The zero-order valence-electron chi connectivity index (χ0n) is 12.2. The highest BCUT2D eigenvalue weighted by molar-refractivity contribution is 5.87. The molecule has 112 valence electrons. The zero-order chi connectivity index (χ0) is 14.3. The number of anilines is 1. The van der Waals surface area contributed by atoms with Crippen molar-refractivity contribution in [2.45, 2.75) is 31.5 Å². The third-order valence-electron chi connectivity index (χ3n) is 4.47. The van der Waals surface area contributed by atoms with Crippen molar-refractivity contribution in [2.75, 3.05) is 31.2 Å². The number of nitrogens with zero attached hydrogens (tertiary/aromatic N) is 3. The highest BCUT2D eigenvalue weighted by Gasteiger charge is 2.44. The van der Waals surface area contributed by atoms with Crippen LogP contribution < -0.4 is 4.90 Å². The van der Waals surface area contributed by atoms with Crippen LogP contribution in [0.15, 0.2) is 18.6 Å². The van der Waals surface area contributed by atoms with Crippen molar-refractivity contribution < 1.29 is 9.47 Å². The Morgan fingerprint density at radius 2 is 2.43 bits per heavy atom. The summed E-state index contributed by atoms with van der Waals surface area (Å²) in [5.74, 6) is 0.995. The second-order valence-corrected chi connectivity index (χ2v) is 5.95. The van der Waals surface area contributed by atoms with Crippen molar-refractivity contribution in [2.24, 2.45) is 0 Å². The van der Waals surface area contributed by atoms with Crippen LogP contribution in [0.3, 0.4) is 0 Å². The van der Waals surface area contributed by atoms with Crippen molar-refractivity contribution in [3.63, 3.8) is 0 Å². The van der Waals surface area contributed by atoms with Crippen LogP contribution in [0.2, 0.25) is 0 Å². The molecule has 2 unspecified atom stereocenters. The Morgan fingerprint density at radius 1 is 1.48 bits per heavy atom. The minimum atomic E-state index is -0.174. The Hall–Kier alpha value is -1.66. The van der Waals surface area contributed by atoms with E-state index >= 15 is 0 Å². The summed E-state index contributed by atoms with van der Waals surface area (Å²) in [4.78, 5) is 14.3. The van der Waals surface area contributed by atoms with E-state index in [0.29, 0.717) is 6.61 Å². The van der Waals surface area contributed by atoms with Gasteiger partial charge in [-0.2, -0.15) is 0 Å². The Kier molecular flexibility index (Phi) is 3.08. The summed E-state index contributed by atoms with van der Waals surface area (Å²) < 4.78 is 11.9. The normalized spacial score (nSPS) is 29.6. The number of hydrogen-bond acceptors (Lipinski definition) is 5. The largest absolute Gasteiger partial charge is 0.378 e. The van der Waals surface area contributed by atoms with Crippen LogP contribution in [-0.2, 0) is 9.47 Å². The summed E-state index contributed by atoms with van der Waals surface area (Å²) in [6, 6.07) is 2.04. The van der Waals surface area contributed by atoms with Crippen molar-refractivity contribution in [1.82, 2.24) is 15.0 Å². The molecule has 1 spiro atoms. The lowest BCUT2D eigenvalue weighted by Gasteiger charge is -2.44. The van der Waals surface area contributed by atoms with Gasteiger partial charge in [-0.1, -0.05) is 6.92 Å². The molecule has 2 aliphatic heterocycles. The van der Waals surface area contributed by atoms with Crippen molar-refractivity contribution >= 4 is 16.9 Å². The zero-order valence-corrected chi connectivity index (χ0v) is 12.2. The van der Waals surface area contributed by atoms with Gasteiger partial charge in [-0.05, 0) is 12.5 Å². The van der Waals surface area contributed by atoms with E-state index in [4.69, 9.17) is 9.47 Å². The van der Waals surface area contributed by atoms with Crippen molar-refractivity contribution in [3.8, 4) is 0 Å². The van der Waals surface area contributed by atoms with Gasteiger partial charge in [0.2, 0.25) is 0 Å². The molecule has 0 aromatic carbocycles. The van der Waals surface area contributed by atoms with Crippen LogP contribution in [0.4, 0.5) is 5.82 Å². The molecule has 6 nitrogen and oxygen atoms in total. The molecule has 2 aromatic rings. The third-order valence-corrected chi connectivity index (χ3v) is 4.47. The molecular weight excluding hydrogens is 268 g/mol. The molecule has 0 bridgehead atoms. The minimum Gasteiger partial charge on any atom is -0.378 e. The topological polar surface area (TPSA) is 63.3 Å². The summed E-state index contributed by atoms with van der Waals surface area (Å²) >= 11 is 0. The molecule has 0 saturated carbocycles. The number of fused-ring (bicyclic) bond motifs is 1. The quantitative estimate of drug-likeness (QED) is 0.912. The van der Waals surface area contributed by atoms with Crippen LogP contribution in [0, 0.1) is 0 Å². The molecule has 1 N–H and O–H groups in total. The third kappa shape index (κ3) is 2.18. The van der Waals surface area contributed by atoms with Gasteiger partial charge in [-0.3, -0.25) is 0 Å². The molecule has 2 aliphatic rings.